The van der Waals surface area contributed by atoms with E-state index in [0.717, 1.165) is 19.3 Å². The van der Waals surface area contributed by atoms with Gasteiger partial charge in [-0.2, -0.15) is 0 Å². The van der Waals surface area contributed by atoms with E-state index < -0.39 is 0 Å². The standard InChI is InChI=1S/C21H31N3O3/c1-2-3-7-16-8-6-9-18(16)22-21(25)17-12-14-23(15-13-17)19-10-4-5-11-20(19)24(26)27/h4-5,10-11,16-18H,2-3,6-9,12-15H2,1H3,(H,22,25). The van der Waals surface area contributed by atoms with E-state index >= 15 is 0 Å². The van der Waals surface area contributed by atoms with Gasteiger partial charge >= 0.3 is 0 Å². The molecule has 1 aromatic rings. The number of benzene rings is 1. The van der Waals surface area contributed by atoms with Crippen LogP contribution in [0.3, 0.4) is 0 Å². The number of unbranched alkanes of at least 4 members (excludes halogenated alkanes) is 1. The fourth-order valence-electron chi connectivity index (χ4n) is 4.61. The molecular formula is C21H31N3O3. The Balaban J connectivity index is 1.53. The lowest BCUT2D eigenvalue weighted by molar-refractivity contribution is -0.384. The van der Waals surface area contributed by atoms with Gasteiger partial charge in [-0.3, -0.25) is 14.9 Å². The van der Waals surface area contributed by atoms with Crippen molar-refractivity contribution in [3.05, 3.63) is 34.4 Å². The summed E-state index contributed by atoms with van der Waals surface area (Å²) in [7, 11) is 0. The first kappa shape index (κ1) is 19.6. The molecule has 27 heavy (non-hydrogen) atoms. The maximum absolute atomic E-state index is 12.8. The molecule has 0 aromatic heterocycles. The van der Waals surface area contributed by atoms with Crippen LogP contribution in [0.2, 0.25) is 0 Å². The largest absolute Gasteiger partial charge is 0.366 e. The molecular weight excluding hydrogens is 342 g/mol. The van der Waals surface area contributed by atoms with Crippen LogP contribution < -0.4 is 10.2 Å². The summed E-state index contributed by atoms with van der Waals surface area (Å²) < 4.78 is 0. The first-order chi connectivity index (χ1) is 13.1. The molecule has 2 fully saturated rings. The first-order valence-corrected chi connectivity index (χ1v) is 10.4. The summed E-state index contributed by atoms with van der Waals surface area (Å²) >= 11 is 0. The Kier molecular flexibility index (Phi) is 6.69. The lowest BCUT2D eigenvalue weighted by atomic mass is 9.93. The van der Waals surface area contributed by atoms with Crippen molar-refractivity contribution in [1.29, 1.82) is 0 Å². The molecule has 2 atom stereocenters. The number of carbonyl (C=O) groups excluding carboxylic acids is 1. The van der Waals surface area contributed by atoms with Crippen LogP contribution in [0, 0.1) is 22.0 Å². The number of nitro benzene ring substituents is 1. The zero-order chi connectivity index (χ0) is 19.2. The van der Waals surface area contributed by atoms with Crippen LogP contribution in [0.5, 0.6) is 0 Å². The number of piperidine rings is 1. The monoisotopic (exact) mass is 373 g/mol. The molecule has 1 aliphatic heterocycles. The number of hydrogen-bond donors (Lipinski definition) is 1. The fraction of sp³-hybridized carbons (Fsp3) is 0.667. The van der Waals surface area contributed by atoms with E-state index in [0.29, 0.717) is 30.7 Å². The van der Waals surface area contributed by atoms with Gasteiger partial charge in [-0.05, 0) is 44.1 Å². The minimum atomic E-state index is -0.329. The number of nitro groups is 1. The summed E-state index contributed by atoms with van der Waals surface area (Å²) in [6.07, 6.45) is 8.74. The third-order valence-electron chi connectivity index (χ3n) is 6.20. The number of amides is 1. The van der Waals surface area contributed by atoms with Gasteiger partial charge in [0.25, 0.3) is 5.69 Å². The lowest BCUT2D eigenvalue weighted by Gasteiger charge is -2.33. The quantitative estimate of drug-likeness (QED) is 0.571. The number of nitrogens with one attached hydrogen (secondary N) is 1. The van der Waals surface area contributed by atoms with Gasteiger partial charge in [-0.15, -0.1) is 0 Å². The topological polar surface area (TPSA) is 75.5 Å². The highest BCUT2D eigenvalue weighted by atomic mass is 16.6. The van der Waals surface area contributed by atoms with Gasteiger partial charge in [0.15, 0.2) is 0 Å². The molecule has 0 bridgehead atoms. The number of rotatable bonds is 7. The number of carbonyl (C=O) groups is 1. The molecule has 3 rings (SSSR count). The van der Waals surface area contributed by atoms with E-state index in [9.17, 15) is 14.9 Å². The van der Waals surface area contributed by atoms with Gasteiger partial charge in [0, 0.05) is 31.1 Å². The lowest BCUT2D eigenvalue weighted by Crippen LogP contribution is -2.45. The highest BCUT2D eigenvalue weighted by Gasteiger charge is 2.32. The number of para-hydroxylation sites is 2. The second-order valence-electron chi connectivity index (χ2n) is 7.96. The Bertz CT molecular complexity index is 656. The Morgan fingerprint density at radius 3 is 2.67 bits per heavy atom. The van der Waals surface area contributed by atoms with Crippen molar-refractivity contribution < 1.29 is 9.72 Å². The number of anilines is 1. The van der Waals surface area contributed by atoms with Crippen molar-refractivity contribution >= 4 is 17.3 Å². The van der Waals surface area contributed by atoms with Gasteiger partial charge < -0.3 is 10.2 Å². The van der Waals surface area contributed by atoms with E-state index in [4.69, 9.17) is 0 Å². The van der Waals surface area contributed by atoms with Crippen LogP contribution >= 0.6 is 0 Å². The zero-order valence-corrected chi connectivity index (χ0v) is 16.2. The highest BCUT2D eigenvalue weighted by molar-refractivity contribution is 5.79. The van der Waals surface area contributed by atoms with Gasteiger partial charge in [0.1, 0.15) is 5.69 Å². The minimum absolute atomic E-state index is 0.0245. The normalized spacial score (nSPS) is 23.4. The van der Waals surface area contributed by atoms with Crippen LogP contribution in [0.1, 0.15) is 58.3 Å². The van der Waals surface area contributed by atoms with Crippen molar-refractivity contribution in [3.8, 4) is 0 Å². The predicted octanol–water partition coefficient (Wildman–Crippen LogP) is 4.29. The summed E-state index contributed by atoms with van der Waals surface area (Å²) in [6, 6.07) is 7.22. The fourth-order valence-corrected chi connectivity index (χ4v) is 4.61. The third kappa shape index (κ3) is 4.79. The Hall–Kier alpha value is -2.11. The van der Waals surface area contributed by atoms with Crippen molar-refractivity contribution in [3.63, 3.8) is 0 Å². The molecule has 1 N–H and O–H groups in total. The van der Waals surface area contributed by atoms with Crippen LogP contribution in [-0.2, 0) is 4.79 Å². The second kappa shape index (κ2) is 9.20. The van der Waals surface area contributed by atoms with Gasteiger partial charge in [0.2, 0.25) is 5.91 Å². The maximum atomic E-state index is 12.8. The Morgan fingerprint density at radius 2 is 1.96 bits per heavy atom. The molecule has 2 unspecified atom stereocenters. The molecule has 0 radical (unpaired) electrons. The summed E-state index contributed by atoms with van der Waals surface area (Å²) in [5.74, 6) is 0.850. The smallest absolute Gasteiger partial charge is 0.292 e. The first-order valence-electron chi connectivity index (χ1n) is 10.4. The number of hydrogen-bond acceptors (Lipinski definition) is 4. The van der Waals surface area contributed by atoms with E-state index in [2.05, 4.69) is 12.2 Å². The Morgan fingerprint density at radius 1 is 1.22 bits per heavy atom. The molecule has 1 aliphatic carbocycles. The van der Waals surface area contributed by atoms with E-state index in [1.165, 1.54) is 32.1 Å². The van der Waals surface area contributed by atoms with Crippen molar-refractivity contribution in [2.24, 2.45) is 11.8 Å². The molecule has 1 saturated carbocycles. The van der Waals surface area contributed by atoms with Crippen molar-refractivity contribution in [1.82, 2.24) is 5.32 Å². The van der Waals surface area contributed by atoms with Gasteiger partial charge in [-0.1, -0.05) is 38.3 Å². The summed E-state index contributed by atoms with van der Waals surface area (Å²) in [6.45, 7) is 3.59. The molecule has 1 amide bonds. The molecule has 1 aromatic carbocycles. The predicted molar refractivity (Wildman–Crippen MR) is 107 cm³/mol. The average Bonchev–Trinajstić information content (AvgIpc) is 3.13. The Labute approximate surface area is 161 Å². The van der Waals surface area contributed by atoms with Crippen molar-refractivity contribution in [2.75, 3.05) is 18.0 Å². The summed E-state index contributed by atoms with van der Waals surface area (Å²) in [4.78, 5) is 25.7. The zero-order valence-electron chi connectivity index (χ0n) is 16.2. The van der Waals surface area contributed by atoms with E-state index in [-0.39, 0.29) is 22.4 Å². The minimum Gasteiger partial charge on any atom is -0.366 e. The molecule has 1 saturated heterocycles. The second-order valence-corrected chi connectivity index (χ2v) is 7.96. The molecule has 2 aliphatic rings. The van der Waals surface area contributed by atoms with Crippen LogP contribution in [0.15, 0.2) is 24.3 Å². The van der Waals surface area contributed by atoms with E-state index in [1.54, 1.807) is 18.2 Å². The summed E-state index contributed by atoms with van der Waals surface area (Å²) in [5, 5.41) is 14.6. The van der Waals surface area contributed by atoms with Gasteiger partial charge in [-0.25, -0.2) is 0 Å². The van der Waals surface area contributed by atoms with Crippen LogP contribution in [-0.4, -0.2) is 30.0 Å². The van der Waals surface area contributed by atoms with Gasteiger partial charge in [0.05, 0.1) is 4.92 Å². The molecule has 1 heterocycles. The van der Waals surface area contributed by atoms with Crippen LogP contribution in [0.25, 0.3) is 0 Å². The maximum Gasteiger partial charge on any atom is 0.292 e. The third-order valence-corrected chi connectivity index (χ3v) is 6.20. The molecule has 6 heteroatoms. The SMILES string of the molecule is CCCCC1CCCC1NC(=O)C1CCN(c2ccccc2[N+](=O)[O-])CC1. The van der Waals surface area contributed by atoms with Crippen LogP contribution in [0.4, 0.5) is 11.4 Å². The van der Waals surface area contributed by atoms with E-state index in [1.807, 2.05) is 11.0 Å². The molecule has 0 spiro atoms. The molecule has 148 valence electrons. The molecule has 6 nitrogen and oxygen atoms in total. The van der Waals surface area contributed by atoms with Crippen molar-refractivity contribution in [2.45, 2.75) is 64.3 Å². The number of nitrogens with zero attached hydrogens (tertiary/aromatic N) is 2. The average molecular weight is 373 g/mol. The highest BCUT2D eigenvalue weighted by Crippen LogP contribution is 2.33. The summed E-state index contributed by atoms with van der Waals surface area (Å²) in [5.41, 5.74) is 0.807.